The van der Waals surface area contributed by atoms with Crippen molar-refractivity contribution in [3.63, 3.8) is 0 Å². The van der Waals surface area contributed by atoms with Gasteiger partial charge < -0.3 is 24.4 Å². The van der Waals surface area contributed by atoms with Crippen LogP contribution < -0.4 is 9.47 Å². The number of aliphatic hydroxyl groups excluding tert-OH is 1. The smallest absolute Gasteiger partial charge is 0.295 e. The van der Waals surface area contributed by atoms with E-state index in [0.29, 0.717) is 24.5 Å². The van der Waals surface area contributed by atoms with Crippen molar-refractivity contribution in [3.8, 4) is 11.5 Å². The summed E-state index contributed by atoms with van der Waals surface area (Å²) in [6.45, 7) is 6.74. The maximum absolute atomic E-state index is 14.6. The first-order chi connectivity index (χ1) is 16.1. The molecule has 8 heteroatoms. The van der Waals surface area contributed by atoms with Crippen LogP contribution in [0, 0.1) is 5.82 Å². The molecule has 0 aromatic heterocycles. The van der Waals surface area contributed by atoms with E-state index in [1.165, 1.54) is 17.0 Å². The molecule has 34 heavy (non-hydrogen) atoms. The van der Waals surface area contributed by atoms with Gasteiger partial charge in [0.15, 0.2) is 11.6 Å². The Morgan fingerprint density at radius 1 is 1.15 bits per heavy atom. The molecule has 7 nitrogen and oxygen atoms in total. The lowest BCUT2D eigenvalue weighted by atomic mass is 9.95. The van der Waals surface area contributed by atoms with Crippen LogP contribution in [0.1, 0.15) is 37.9 Å². The van der Waals surface area contributed by atoms with Crippen LogP contribution in [0.2, 0.25) is 0 Å². The first-order valence-corrected chi connectivity index (χ1v) is 11.3. The molecule has 1 atom stereocenters. The number of nitrogens with zero attached hydrogens (tertiary/aromatic N) is 2. The molecule has 1 N–H and O–H groups in total. The average molecular weight is 471 g/mol. The van der Waals surface area contributed by atoms with Crippen molar-refractivity contribution in [2.75, 3.05) is 33.8 Å². The molecule has 0 aliphatic carbocycles. The second-order valence-electron chi connectivity index (χ2n) is 8.61. The monoisotopic (exact) mass is 470 g/mol. The van der Waals surface area contributed by atoms with Crippen LogP contribution in [0.5, 0.6) is 11.5 Å². The molecule has 2 aromatic carbocycles. The average Bonchev–Trinajstić information content (AvgIpc) is 3.03. The van der Waals surface area contributed by atoms with E-state index in [9.17, 15) is 19.1 Å². The predicted molar refractivity (Wildman–Crippen MR) is 127 cm³/mol. The van der Waals surface area contributed by atoms with Crippen LogP contribution in [0.15, 0.2) is 48.0 Å². The Morgan fingerprint density at radius 3 is 2.38 bits per heavy atom. The van der Waals surface area contributed by atoms with Gasteiger partial charge in [-0.3, -0.25) is 9.59 Å². The lowest BCUT2D eigenvalue weighted by Crippen LogP contribution is -2.35. The van der Waals surface area contributed by atoms with Crippen LogP contribution >= 0.6 is 0 Å². The van der Waals surface area contributed by atoms with Gasteiger partial charge in [-0.25, -0.2) is 4.39 Å². The molecule has 1 saturated heterocycles. The zero-order chi connectivity index (χ0) is 25.0. The number of carbonyl (C=O) groups is 2. The maximum Gasteiger partial charge on any atom is 0.295 e. The highest BCUT2D eigenvalue weighted by Gasteiger charge is 2.46. The molecule has 1 aliphatic rings. The van der Waals surface area contributed by atoms with E-state index in [0.717, 1.165) is 6.07 Å². The summed E-state index contributed by atoms with van der Waals surface area (Å²) in [6, 6.07) is 10.2. The summed E-state index contributed by atoms with van der Waals surface area (Å²) >= 11 is 0. The Morgan fingerprint density at radius 2 is 1.82 bits per heavy atom. The molecular formula is C26H31FN2O5. The SMILES string of the molecule is CCOc1ccc([C@@H]2/C(=C(\O)c3ccc(OC(C)C)c(F)c3)C(=O)C(=O)N2CCN(C)C)cc1. The minimum Gasteiger partial charge on any atom is -0.507 e. The van der Waals surface area contributed by atoms with Gasteiger partial charge in [0.25, 0.3) is 11.7 Å². The van der Waals surface area contributed by atoms with Crippen LogP contribution in [0.3, 0.4) is 0 Å². The molecule has 0 bridgehead atoms. The largest absolute Gasteiger partial charge is 0.507 e. The van der Waals surface area contributed by atoms with Crippen molar-refractivity contribution in [1.82, 2.24) is 9.80 Å². The van der Waals surface area contributed by atoms with Crippen LogP contribution in [0.25, 0.3) is 5.76 Å². The standard InChI is InChI=1S/C26H31FN2O5/c1-6-33-19-10-7-17(8-11-19)23-22(25(31)26(32)29(23)14-13-28(4)5)24(30)18-9-12-21(20(27)15-18)34-16(2)3/h7-12,15-16,23,30H,6,13-14H2,1-5H3/b24-22+/t23-/m1/s1. The van der Waals surface area contributed by atoms with E-state index < -0.39 is 29.3 Å². The molecule has 1 fully saturated rings. The van der Waals surface area contributed by atoms with Gasteiger partial charge in [0, 0.05) is 18.7 Å². The first kappa shape index (κ1) is 25.2. The number of aliphatic hydroxyl groups is 1. The number of likely N-dealkylation sites (tertiary alicyclic amines) is 1. The zero-order valence-corrected chi connectivity index (χ0v) is 20.2. The lowest BCUT2D eigenvalue weighted by Gasteiger charge is -2.26. The van der Waals surface area contributed by atoms with Crippen molar-refractivity contribution >= 4 is 17.4 Å². The first-order valence-electron chi connectivity index (χ1n) is 11.3. The highest BCUT2D eigenvalue weighted by atomic mass is 19.1. The number of ketones is 1. The highest BCUT2D eigenvalue weighted by Crippen LogP contribution is 2.40. The minimum absolute atomic E-state index is 0.0426. The molecule has 1 aliphatic heterocycles. The number of benzene rings is 2. The molecule has 0 unspecified atom stereocenters. The van der Waals surface area contributed by atoms with Gasteiger partial charge in [-0.15, -0.1) is 0 Å². The molecule has 2 aromatic rings. The number of Topliss-reactive ketones (excluding diaryl/α,β-unsaturated/α-hetero) is 1. The van der Waals surface area contributed by atoms with Gasteiger partial charge >= 0.3 is 0 Å². The number of hydrogen-bond acceptors (Lipinski definition) is 6. The maximum atomic E-state index is 14.6. The Hall–Kier alpha value is -3.39. The summed E-state index contributed by atoms with van der Waals surface area (Å²) in [5.41, 5.74) is 0.656. The predicted octanol–water partition coefficient (Wildman–Crippen LogP) is 3.99. The molecule has 0 radical (unpaired) electrons. The third-order valence-electron chi connectivity index (χ3n) is 5.40. The molecular weight excluding hydrogens is 439 g/mol. The van der Waals surface area contributed by atoms with Crippen molar-refractivity contribution in [2.24, 2.45) is 0 Å². The van der Waals surface area contributed by atoms with E-state index in [-0.39, 0.29) is 29.5 Å². The molecule has 0 spiro atoms. The fourth-order valence-corrected chi connectivity index (χ4v) is 3.83. The summed E-state index contributed by atoms with van der Waals surface area (Å²) in [6.07, 6.45) is -0.226. The Bertz CT molecular complexity index is 1080. The van der Waals surface area contributed by atoms with Gasteiger partial charge in [0.05, 0.1) is 24.3 Å². The number of hydrogen-bond donors (Lipinski definition) is 1. The van der Waals surface area contributed by atoms with Gasteiger partial charge in [-0.05, 0) is 70.8 Å². The molecule has 1 heterocycles. The summed E-state index contributed by atoms with van der Waals surface area (Å²) in [4.78, 5) is 29.4. The highest BCUT2D eigenvalue weighted by molar-refractivity contribution is 6.46. The molecule has 1 amide bonds. The minimum atomic E-state index is -0.815. The van der Waals surface area contributed by atoms with Gasteiger partial charge in [-0.1, -0.05) is 12.1 Å². The van der Waals surface area contributed by atoms with E-state index in [2.05, 4.69) is 0 Å². The zero-order valence-electron chi connectivity index (χ0n) is 20.2. The van der Waals surface area contributed by atoms with Crippen LogP contribution in [-0.2, 0) is 9.59 Å². The number of likely N-dealkylation sites (N-methyl/N-ethyl adjacent to an activating group) is 1. The Kier molecular flexibility index (Phi) is 7.94. The van der Waals surface area contributed by atoms with Crippen molar-refractivity contribution in [1.29, 1.82) is 0 Å². The van der Waals surface area contributed by atoms with Gasteiger partial charge in [0.2, 0.25) is 0 Å². The van der Waals surface area contributed by atoms with Crippen molar-refractivity contribution in [3.05, 3.63) is 65.0 Å². The Labute approximate surface area is 199 Å². The number of carbonyl (C=O) groups excluding carboxylic acids is 2. The van der Waals surface area contributed by atoms with E-state index in [1.54, 1.807) is 38.1 Å². The summed E-state index contributed by atoms with van der Waals surface area (Å²) < 4.78 is 25.5. The third kappa shape index (κ3) is 5.39. The van der Waals surface area contributed by atoms with Crippen LogP contribution in [0.4, 0.5) is 4.39 Å². The third-order valence-corrected chi connectivity index (χ3v) is 5.40. The Balaban J connectivity index is 2.09. The molecule has 3 rings (SSSR count). The lowest BCUT2D eigenvalue weighted by molar-refractivity contribution is -0.140. The summed E-state index contributed by atoms with van der Waals surface area (Å²) in [7, 11) is 3.73. The number of halogens is 1. The second kappa shape index (κ2) is 10.7. The summed E-state index contributed by atoms with van der Waals surface area (Å²) in [5.74, 6) is -1.92. The van der Waals surface area contributed by atoms with Crippen LogP contribution in [-0.4, -0.2) is 66.5 Å². The number of rotatable bonds is 9. The van der Waals surface area contributed by atoms with Gasteiger partial charge in [0.1, 0.15) is 11.5 Å². The van der Waals surface area contributed by atoms with Gasteiger partial charge in [-0.2, -0.15) is 0 Å². The van der Waals surface area contributed by atoms with E-state index in [1.807, 2.05) is 25.9 Å². The van der Waals surface area contributed by atoms with Crippen molar-refractivity contribution < 1.29 is 28.6 Å². The quantitative estimate of drug-likeness (QED) is 0.339. The normalized spacial score (nSPS) is 17.6. The summed E-state index contributed by atoms with van der Waals surface area (Å²) in [5, 5.41) is 11.1. The van der Waals surface area contributed by atoms with E-state index >= 15 is 0 Å². The number of amides is 1. The fourth-order valence-electron chi connectivity index (χ4n) is 3.83. The number of ether oxygens (including phenoxy) is 2. The molecule has 0 saturated carbocycles. The van der Waals surface area contributed by atoms with E-state index in [4.69, 9.17) is 9.47 Å². The topological polar surface area (TPSA) is 79.3 Å². The van der Waals surface area contributed by atoms with Crippen molar-refractivity contribution in [2.45, 2.75) is 32.9 Å². The molecule has 182 valence electrons. The second-order valence-corrected chi connectivity index (χ2v) is 8.61. The fraction of sp³-hybridized carbons (Fsp3) is 0.385.